The van der Waals surface area contributed by atoms with E-state index in [4.69, 9.17) is 19.4 Å². The first-order chi connectivity index (χ1) is 23.0. The normalized spacial score (nSPS) is 13.4. The van der Waals surface area contributed by atoms with Gasteiger partial charge in [0, 0.05) is 42.7 Å². The van der Waals surface area contributed by atoms with E-state index in [1.807, 2.05) is 78.5 Å². The van der Waals surface area contributed by atoms with Crippen molar-refractivity contribution in [2.45, 2.75) is 29.1 Å². The molecular weight excluding hydrogens is 595 g/mol. The molecule has 0 saturated heterocycles. The zero-order chi connectivity index (χ0) is 31.5. The number of fused-ring (bicyclic) bond motifs is 5. The van der Waals surface area contributed by atoms with Crippen LogP contribution in [0.3, 0.4) is 0 Å². The second-order valence-corrected chi connectivity index (χ2v) is 13.6. The second-order valence-electron chi connectivity index (χ2n) is 12.5. The molecule has 0 N–H and O–H groups in total. The van der Waals surface area contributed by atoms with Crippen LogP contribution in [-0.2, 0) is 5.41 Å². The van der Waals surface area contributed by atoms with Gasteiger partial charge in [-0.05, 0) is 64.7 Å². The van der Waals surface area contributed by atoms with Gasteiger partial charge in [-0.15, -0.1) is 0 Å². The van der Waals surface area contributed by atoms with E-state index in [1.165, 1.54) is 26.5 Å². The summed E-state index contributed by atoms with van der Waals surface area (Å²) in [7, 11) is 0. The van der Waals surface area contributed by atoms with Gasteiger partial charge >= 0.3 is 0 Å². The van der Waals surface area contributed by atoms with E-state index < -0.39 is 0 Å². The predicted molar refractivity (Wildman–Crippen MR) is 192 cm³/mol. The van der Waals surface area contributed by atoms with Crippen molar-refractivity contribution in [2.75, 3.05) is 0 Å². The third-order valence-corrected chi connectivity index (χ3v) is 10.3. The molecule has 1 aliphatic rings. The number of rotatable bonds is 4. The van der Waals surface area contributed by atoms with Crippen molar-refractivity contribution in [3.8, 4) is 45.3 Å². The SMILES string of the molecule is CC1(C)c2ccccc2Sc2ccc(-c3ccc4c(c3)oc3cc(-c5nc(-c6ccccc6)nc(-c6ccccc6)n5)ccc34)cc21. The van der Waals surface area contributed by atoms with E-state index in [0.29, 0.717) is 17.5 Å². The summed E-state index contributed by atoms with van der Waals surface area (Å²) in [6, 6.07) is 48.5. The molecule has 0 atom stereocenters. The first-order valence-corrected chi connectivity index (χ1v) is 16.6. The van der Waals surface area contributed by atoms with Crippen molar-refractivity contribution in [1.29, 1.82) is 0 Å². The van der Waals surface area contributed by atoms with Gasteiger partial charge in [0.05, 0.1) is 0 Å². The van der Waals surface area contributed by atoms with Crippen LogP contribution in [0.4, 0.5) is 0 Å². The Morgan fingerprint density at radius 1 is 0.447 bits per heavy atom. The minimum absolute atomic E-state index is 0.0805. The topological polar surface area (TPSA) is 51.8 Å². The third kappa shape index (κ3) is 4.74. The van der Waals surface area contributed by atoms with E-state index in [1.54, 1.807) is 0 Å². The molecule has 0 radical (unpaired) electrons. The van der Waals surface area contributed by atoms with Crippen molar-refractivity contribution < 1.29 is 4.42 Å². The minimum Gasteiger partial charge on any atom is -0.456 e. The Bertz CT molecular complexity index is 2410. The Hall–Kier alpha value is -5.52. The van der Waals surface area contributed by atoms with Crippen LogP contribution in [0.5, 0.6) is 0 Å². The Morgan fingerprint density at radius 2 is 0.936 bits per heavy atom. The molecule has 3 heterocycles. The smallest absolute Gasteiger partial charge is 0.164 e. The van der Waals surface area contributed by atoms with Gasteiger partial charge < -0.3 is 4.42 Å². The third-order valence-electron chi connectivity index (χ3n) is 9.20. The molecular formula is C42H29N3OS. The first kappa shape index (κ1) is 27.8. The molecule has 6 aromatic carbocycles. The monoisotopic (exact) mass is 623 g/mol. The van der Waals surface area contributed by atoms with Gasteiger partial charge in [0.15, 0.2) is 17.5 Å². The maximum Gasteiger partial charge on any atom is 0.164 e. The highest BCUT2D eigenvalue weighted by Gasteiger charge is 2.33. The van der Waals surface area contributed by atoms with Crippen LogP contribution in [0.1, 0.15) is 25.0 Å². The van der Waals surface area contributed by atoms with E-state index in [0.717, 1.165) is 44.2 Å². The van der Waals surface area contributed by atoms with Crippen molar-refractivity contribution in [2.24, 2.45) is 0 Å². The van der Waals surface area contributed by atoms with Crippen molar-refractivity contribution in [3.05, 3.63) is 151 Å². The molecule has 9 rings (SSSR count). The number of hydrogen-bond donors (Lipinski definition) is 0. The van der Waals surface area contributed by atoms with Crippen LogP contribution in [0.25, 0.3) is 67.2 Å². The molecule has 8 aromatic rings. The zero-order valence-corrected chi connectivity index (χ0v) is 26.8. The standard InChI is InChI=1S/C42H29N3OS/c1-42(2)33-15-9-10-16-37(33)47-38-22-19-28(23-34(38)42)29-17-20-31-32-21-18-30(25-36(32)46-35(31)24-29)41-44-39(26-11-5-3-6-12-26)43-40(45-41)27-13-7-4-8-14-27/h3-25H,1-2H3. The van der Waals surface area contributed by atoms with Crippen LogP contribution in [0.2, 0.25) is 0 Å². The lowest BCUT2D eigenvalue weighted by Crippen LogP contribution is -2.23. The molecule has 0 spiro atoms. The minimum atomic E-state index is -0.0805. The van der Waals surface area contributed by atoms with Gasteiger partial charge in [-0.25, -0.2) is 15.0 Å². The van der Waals surface area contributed by atoms with Crippen molar-refractivity contribution in [1.82, 2.24) is 15.0 Å². The van der Waals surface area contributed by atoms with Crippen molar-refractivity contribution in [3.63, 3.8) is 0 Å². The fourth-order valence-corrected chi connectivity index (χ4v) is 8.03. The molecule has 0 saturated carbocycles. The summed E-state index contributed by atoms with van der Waals surface area (Å²) >= 11 is 1.86. The van der Waals surface area contributed by atoms with Gasteiger partial charge in [0.1, 0.15) is 11.2 Å². The summed E-state index contributed by atoms with van der Waals surface area (Å²) in [6.07, 6.45) is 0. The van der Waals surface area contributed by atoms with E-state index in [2.05, 4.69) is 86.6 Å². The van der Waals surface area contributed by atoms with E-state index >= 15 is 0 Å². The zero-order valence-electron chi connectivity index (χ0n) is 25.9. The number of aromatic nitrogens is 3. The predicted octanol–water partition coefficient (Wildman–Crippen LogP) is 11.2. The Labute approximate surface area is 277 Å². The average molecular weight is 624 g/mol. The largest absolute Gasteiger partial charge is 0.456 e. The quantitative estimate of drug-likeness (QED) is 0.195. The Morgan fingerprint density at radius 3 is 1.60 bits per heavy atom. The highest BCUT2D eigenvalue weighted by Crippen LogP contribution is 2.50. The second kappa shape index (κ2) is 10.8. The summed E-state index contributed by atoms with van der Waals surface area (Å²) in [5.74, 6) is 1.88. The van der Waals surface area contributed by atoms with Crippen LogP contribution < -0.4 is 0 Å². The molecule has 0 amide bonds. The number of furan rings is 1. The van der Waals surface area contributed by atoms with Gasteiger partial charge in [0.2, 0.25) is 0 Å². The molecule has 224 valence electrons. The lowest BCUT2D eigenvalue weighted by atomic mass is 9.77. The lowest BCUT2D eigenvalue weighted by molar-refractivity contribution is 0.607. The fraction of sp³-hybridized carbons (Fsp3) is 0.0714. The summed E-state index contributed by atoms with van der Waals surface area (Å²) in [5.41, 5.74) is 9.40. The molecule has 47 heavy (non-hydrogen) atoms. The van der Waals surface area contributed by atoms with Gasteiger partial charge in [0.25, 0.3) is 0 Å². The first-order valence-electron chi connectivity index (χ1n) is 15.8. The maximum absolute atomic E-state index is 6.53. The highest BCUT2D eigenvalue weighted by atomic mass is 32.2. The van der Waals surface area contributed by atoms with Crippen LogP contribution >= 0.6 is 11.8 Å². The van der Waals surface area contributed by atoms with Gasteiger partial charge in [-0.1, -0.05) is 123 Å². The summed E-state index contributed by atoms with van der Waals surface area (Å²) < 4.78 is 6.53. The molecule has 0 bridgehead atoms. The molecule has 1 aliphatic heterocycles. The molecule has 0 aliphatic carbocycles. The highest BCUT2D eigenvalue weighted by molar-refractivity contribution is 7.99. The molecule has 0 fully saturated rings. The van der Waals surface area contributed by atoms with E-state index in [9.17, 15) is 0 Å². The van der Waals surface area contributed by atoms with Gasteiger partial charge in [-0.3, -0.25) is 0 Å². The summed E-state index contributed by atoms with van der Waals surface area (Å²) in [4.78, 5) is 17.3. The number of hydrogen-bond acceptors (Lipinski definition) is 5. The fourth-order valence-electron chi connectivity index (χ4n) is 6.66. The van der Waals surface area contributed by atoms with Crippen LogP contribution in [0, 0.1) is 0 Å². The summed E-state index contributed by atoms with van der Waals surface area (Å²) in [6.45, 7) is 4.65. The number of nitrogens with zero attached hydrogens (tertiary/aromatic N) is 3. The lowest BCUT2D eigenvalue weighted by Gasteiger charge is -2.34. The molecule has 2 aromatic heterocycles. The molecule has 5 heteroatoms. The maximum atomic E-state index is 6.53. The van der Waals surface area contributed by atoms with E-state index in [-0.39, 0.29) is 5.41 Å². The molecule has 4 nitrogen and oxygen atoms in total. The van der Waals surface area contributed by atoms with Gasteiger partial charge in [-0.2, -0.15) is 0 Å². The van der Waals surface area contributed by atoms with Crippen LogP contribution in [0.15, 0.2) is 154 Å². The van der Waals surface area contributed by atoms with Crippen molar-refractivity contribution >= 4 is 33.7 Å². The average Bonchev–Trinajstić information content (AvgIpc) is 3.49. The summed E-state index contributed by atoms with van der Waals surface area (Å²) in [5, 5.41) is 2.15. The number of benzene rings is 6. The molecule has 0 unspecified atom stereocenters. The Kier molecular flexibility index (Phi) is 6.37. The Balaban J connectivity index is 1.12. The van der Waals surface area contributed by atoms with Crippen LogP contribution in [-0.4, -0.2) is 15.0 Å².